The van der Waals surface area contributed by atoms with Crippen molar-refractivity contribution >= 4 is 27.1 Å². The first-order valence-electron chi connectivity index (χ1n) is 6.09. The molecule has 0 aliphatic rings. The van der Waals surface area contributed by atoms with Gasteiger partial charge in [0.25, 0.3) is 0 Å². The minimum atomic E-state index is -4.04. The fourth-order valence-electron chi connectivity index (χ4n) is 1.80. The smallest absolute Gasteiger partial charge is 0.417 e. The molecule has 2 aromatic rings. The Morgan fingerprint density at radius 2 is 2.05 bits per heavy atom. The van der Waals surface area contributed by atoms with E-state index < -0.39 is 33.7 Å². The number of fused-ring (bicyclic) bond motifs is 1. The maximum absolute atomic E-state index is 12.2. The molecule has 1 aromatic carbocycles. The lowest BCUT2D eigenvalue weighted by molar-refractivity contribution is -0.140. The molecular weight excluding hydrogens is 300 g/mol. The van der Waals surface area contributed by atoms with Crippen LogP contribution in [-0.2, 0) is 14.8 Å². The lowest BCUT2D eigenvalue weighted by atomic mass is 10.1. The Kier molecular flexibility index (Phi) is 3.88. The number of carboxylic acids is 1. The van der Waals surface area contributed by atoms with Gasteiger partial charge < -0.3 is 9.52 Å². The summed E-state index contributed by atoms with van der Waals surface area (Å²) in [6.45, 7) is 3.19. The number of carboxylic acid groups (broad SMARTS) is 1. The molecule has 0 saturated heterocycles. The quantitative estimate of drug-likeness (QED) is 0.737. The summed E-state index contributed by atoms with van der Waals surface area (Å²) in [5, 5.41) is 9.04. The van der Waals surface area contributed by atoms with Crippen molar-refractivity contribution in [2.75, 3.05) is 0 Å². The second-order valence-corrected chi connectivity index (χ2v) is 6.57. The van der Waals surface area contributed by atoms with Crippen molar-refractivity contribution in [2.45, 2.75) is 24.8 Å². The fourth-order valence-corrected chi connectivity index (χ4v) is 3.15. The van der Waals surface area contributed by atoms with Gasteiger partial charge in [0.05, 0.1) is 10.4 Å². The standard InChI is InChI=1S/C12H14N2O6S/c1-6(2)10(11(15)16)14-21(18,19)7-3-4-8-9(5-7)20-12(17)13-8/h3-6,10,14H,1-2H3,(H,13,17)(H,15,16)/t10-/m0/s1. The molecule has 21 heavy (non-hydrogen) atoms. The highest BCUT2D eigenvalue weighted by Gasteiger charge is 2.28. The van der Waals surface area contributed by atoms with E-state index in [0.29, 0.717) is 5.52 Å². The van der Waals surface area contributed by atoms with Gasteiger partial charge in [-0.25, -0.2) is 13.2 Å². The van der Waals surface area contributed by atoms with Crippen molar-refractivity contribution < 1.29 is 22.7 Å². The van der Waals surface area contributed by atoms with E-state index in [9.17, 15) is 18.0 Å². The molecule has 0 aliphatic carbocycles. The molecule has 1 atom stereocenters. The van der Waals surface area contributed by atoms with Gasteiger partial charge in [0.1, 0.15) is 6.04 Å². The monoisotopic (exact) mass is 314 g/mol. The molecule has 1 aromatic heterocycles. The molecular formula is C12H14N2O6S. The first-order valence-corrected chi connectivity index (χ1v) is 7.57. The predicted molar refractivity (Wildman–Crippen MR) is 73.4 cm³/mol. The summed E-state index contributed by atoms with van der Waals surface area (Å²) in [6.07, 6.45) is 0. The molecule has 0 bridgehead atoms. The Hall–Kier alpha value is -2.13. The van der Waals surface area contributed by atoms with Crippen molar-refractivity contribution in [1.29, 1.82) is 0 Å². The molecule has 3 N–H and O–H groups in total. The number of benzene rings is 1. The molecule has 1 heterocycles. The van der Waals surface area contributed by atoms with E-state index in [4.69, 9.17) is 9.52 Å². The van der Waals surface area contributed by atoms with Crippen LogP contribution in [0.25, 0.3) is 11.1 Å². The molecule has 0 unspecified atom stereocenters. The Labute approximate surface area is 119 Å². The third kappa shape index (κ3) is 3.14. The third-order valence-corrected chi connectivity index (χ3v) is 4.36. The van der Waals surface area contributed by atoms with E-state index in [-0.39, 0.29) is 10.5 Å². The highest BCUT2D eigenvalue weighted by molar-refractivity contribution is 7.89. The molecule has 9 heteroatoms. The number of hydrogen-bond donors (Lipinski definition) is 3. The predicted octanol–water partition coefficient (Wildman–Crippen LogP) is 0.509. The maximum atomic E-state index is 12.2. The van der Waals surface area contributed by atoms with Crippen LogP contribution in [0.15, 0.2) is 32.3 Å². The summed E-state index contributed by atoms with van der Waals surface area (Å²) < 4.78 is 31.3. The second kappa shape index (κ2) is 5.34. The molecule has 0 saturated carbocycles. The average Bonchev–Trinajstić information content (AvgIpc) is 2.74. The van der Waals surface area contributed by atoms with Gasteiger partial charge in [-0.3, -0.25) is 9.78 Å². The molecule has 0 spiro atoms. The number of H-pyrrole nitrogens is 1. The Morgan fingerprint density at radius 3 is 2.62 bits per heavy atom. The molecule has 2 rings (SSSR count). The summed E-state index contributed by atoms with van der Waals surface area (Å²) >= 11 is 0. The van der Waals surface area contributed by atoms with Crippen LogP contribution >= 0.6 is 0 Å². The van der Waals surface area contributed by atoms with Crippen molar-refractivity contribution in [2.24, 2.45) is 5.92 Å². The molecule has 0 amide bonds. The topological polar surface area (TPSA) is 129 Å². The third-order valence-electron chi connectivity index (χ3n) is 2.92. The number of carbonyl (C=O) groups is 1. The van der Waals surface area contributed by atoms with Gasteiger partial charge in [0.2, 0.25) is 10.0 Å². The van der Waals surface area contributed by atoms with E-state index in [2.05, 4.69) is 9.71 Å². The molecule has 8 nitrogen and oxygen atoms in total. The van der Waals surface area contributed by atoms with Crippen molar-refractivity contribution in [3.8, 4) is 0 Å². The van der Waals surface area contributed by atoms with Crippen LogP contribution < -0.4 is 10.5 Å². The van der Waals surface area contributed by atoms with Crippen LogP contribution in [-0.4, -0.2) is 30.5 Å². The Bertz CT molecular complexity index is 833. The number of hydrogen-bond acceptors (Lipinski definition) is 5. The summed E-state index contributed by atoms with van der Waals surface area (Å²) in [5.41, 5.74) is 0.442. The maximum Gasteiger partial charge on any atom is 0.417 e. The number of aromatic amines is 1. The lowest BCUT2D eigenvalue weighted by Gasteiger charge is -2.17. The van der Waals surface area contributed by atoms with E-state index >= 15 is 0 Å². The zero-order valence-corrected chi connectivity index (χ0v) is 12.1. The largest absolute Gasteiger partial charge is 0.480 e. The van der Waals surface area contributed by atoms with E-state index in [1.54, 1.807) is 13.8 Å². The average molecular weight is 314 g/mol. The van der Waals surface area contributed by atoms with E-state index in [1.807, 2.05) is 0 Å². The molecule has 0 fully saturated rings. The summed E-state index contributed by atoms with van der Waals surface area (Å²) in [7, 11) is -4.04. The van der Waals surface area contributed by atoms with Crippen molar-refractivity contribution in [3.63, 3.8) is 0 Å². The lowest BCUT2D eigenvalue weighted by Crippen LogP contribution is -2.44. The minimum absolute atomic E-state index is 0.0827. The van der Waals surface area contributed by atoms with Crippen LogP contribution in [0.2, 0.25) is 0 Å². The molecule has 0 aliphatic heterocycles. The highest BCUT2D eigenvalue weighted by Crippen LogP contribution is 2.17. The zero-order chi connectivity index (χ0) is 15.8. The summed E-state index contributed by atoms with van der Waals surface area (Å²) in [5.74, 6) is -2.38. The second-order valence-electron chi connectivity index (χ2n) is 4.85. The number of rotatable bonds is 5. The van der Waals surface area contributed by atoms with E-state index in [0.717, 1.165) is 6.07 Å². The van der Waals surface area contributed by atoms with Crippen molar-refractivity contribution in [1.82, 2.24) is 9.71 Å². The summed E-state index contributed by atoms with van der Waals surface area (Å²) in [4.78, 5) is 24.3. The normalized spacial score (nSPS) is 13.7. The van der Waals surface area contributed by atoms with Gasteiger partial charge in [-0.2, -0.15) is 4.72 Å². The first-order chi connectivity index (χ1) is 9.70. The number of nitrogens with one attached hydrogen (secondary N) is 2. The van der Waals surface area contributed by atoms with Gasteiger partial charge >= 0.3 is 11.7 Å². The Balaban J connectivity index is 2.41. The minimum Gasteiger partial charge on any atom is -0.480 e. The van der Waals surface area contributed by atoms with Crippen LogP contribution in [0, 0.1) is 5.92 Å². The van der Waals surface area contributed by atoms with Crippen molar-refractivity contribution in [3.05, 3.63) is 28.7 Å². The number of sulfonamides is 1. The van der Waals surface area contributed by atoms with Crippen LogP contribution in [0.4, 0.5) is 0 Å². The fraction of sp³-hybridized carbons (Fsp3) is 0.333. The van der Waals surface area contributed by atoms with Gasteiger partial charge in [-0.15, -0.1) is 0 Å². The van der Waals surface area contributed by atoms with Gasteiger partial charge in [0, 0.05) is 6.07 Å². The van der Waals surface area contributed by atoms with Crippen LogP contribution in [0.5, 0.6) is 0 Å². The van der Waals surface area contributed by atoms with Gasteiger partial charge in [0.15, 0.2) is 5.58 Å². The molecule has 0 radical (unpaired) electrons. The number of oxazole rings is 1. The van der Waals surface area contributed by atoms with E-state index in [1.165, 1.54) is 12.1 Å². The number of aliphatic carboxylic acids is 1. The van der Waals surface area contributed by atoms with Crippen LogP contribution in [0.3, 0.4) is 0 Å². The highest BCUT2D eigenvalue weighted by atomic mass is 32.2. The molecule has 114 valence electrons. The van der Waals surface area contributed by atoms with Gasteiger partial charge in [-0.05, 0) is 18.1 Å². The Morgan fingerprint density at radius 1 is 1.38 bits per heavy atom. The number of aromatic nitrogens is 1. The first kappa shape index (κ1) is 15.3. The van der Waals surface area contributed by atoms with Gasteiger partial charge in [-0.1, -0.05) is 13.8 Å². The zero-order valence-electron chi connectivity index (χ0n) is 11.3. The van der Waals surface area contributed by atoms with Crippen LogP contribution in [0.1, 0.15) is 13.8 Å². The summed E-state index contributed by atoms with van der Waals surface area (Å²) in [6, 6.07) is 2.55. The SMILES string of the molecule is CC(C)[C@H](NS(=O)(=O)c1ccc2[nH]c(=O)oc2c1)C(=O)O.